The molecule has 0 aromatic carbocycles. The molecular weight excluding hydrogens is 274 g/mol. The Morgan fingerprint density at radius 3 is 2.67 bits per heavy atom. The van der Waals surface area contributed by atoms with Gasteiger partial charge in [0.25, 0.3) is 0 Å². The van der Waals surface area contributed by atoms with Crippen LogP contribution in [0, 0.1) is 0 Å². The Labute approximate surface area is 123 Å². The maximum atomic E-state index is 11.9. The van der Waals surface area contributed by atoms with Gasteiger partial charge in [0, 0.05) is 13.6 Å². The molecule has 21 heavy (non-hydrogen) atoms. The van der Waals surface area contributed by atoms with E-state index in [1.165, 1.54) is 11.1 Å². The van der Waals surface area contributed by atoms with Crippen molar-refractivity contribution >= 4 is 17.7 Å². The quantitative estimate of drug-likeness (QED) is 0.797. The lowest BCUT2D eigenvalue weighted by molar-refractivity contribution is -0.136. The zero-order valence-corrected chi connectivity index (χ0v) is 12.5. The Morgan fingerprint density at radius 1 is 1.43 bits per heavy atom. The van der Waals surface area contributed by atoms with Crippen molar-refractivity contribution in [1.82, 2.24) is 9.88 Å². The lowest BCUT2D eigenvalue weighted by Crippen LogP contribution is -2.34. The smallest absolute Gasteiger partial charge is 0.321 e. The molecule has 0 radical (unpaired) electrons. The van der Waals surface area contributed by atoms with Gasteiger partial charge in [-0.1, -0.05) is 0 Å². The summed E-state index contributed by atoms with van der Waals surface area (Å²) >= 11 is 0. The van der Waals surface area contributed by atoms with Crippen LogP contribution in [0.1, 0.15) is 19.5 Å². The summed E-state index contributed by atoms with van der Waals surface area (Å²) in [6, 6.07) is 2.93. The number of carboxylic acid groups (broad SMARTS) is 1. The Kier molecular flexibility index (Phi) is 6.61. The molecule has 0 bridgehead atoms. The number of anilines is 1. The summed E-state index contributed by atoms with van der Waals surface area (Å²) in [5.41, 5.74) is 0.963. The average Bonchev–Trinajstić information content (AvgIpc) is 2.39. The molecule has 0 saturated carbocycles. The van der Waals surface area contributed by atoms with Gasteiger partial charge in [-0.25, -0.2) is 4.79 Å². The van der Waals surface area contributed by atoms with E-state index in [2.05, 4.69) is 10.3 Å². The maximum Gasteiger partial charge on any atom is 0.321 e. The normalized spacial score (nSPS) is 10.5. The second kappa shape index (κ2) is 8.21. The third kappa shape index (κ3) is 6.71. The van der Waals surface area contributed by atoms with E-state index in [9.17, 15) is 9.59 Å². The van der Waals surface area contributed by atoms with E-state index in [0.717, 1.165) is 0 Å². The number of nitrogens with one attached hydrogen (secondary N) is 1. The van der Waals surface area contributed by atoms with Crippen molar-refractivity contribution in [3.8, 4) is 0 Å². The molecule has 1 aromatic rings. The molecule has 0 aliphatic rings. The molecule has 2 amide bonds. The van der Waals surface area contributed by atoms with E-state index in [1.54, 1.807) is 19.2 Å². The Hall–Kier alpha value is -2.15. The minimum atomic E-state index is -0.941. The minimum Gasteiger partial charge on any atom is -0.481 e. The number of carboxylic acids is 1. The van der Waals surface area contributed by atoms with E-state index >= 15 is 0 Å². The van der Waals surface area contributed by atoms with Crippen molar-refractivity contribution in [3.63, 3.8) is 0 Å². The van der Waals surface area contributed by atoms with E-state index in [-0.39, 0.29) is 18.6 Å². The van der Waals surface area contributed by atoms with Crippen molar-refractivity contribution in [3.05, 3.63) is 24.0 Å². The number of amides is 2. The molecule has 2 N–H and O–H groups in total. The highest BCUT2D eigenvalue weighted by Crippen LogP contribution is 2.07. The van der Waals surface area contributed by atoms with Gasteiger partial charge < -0.3 is 20.1 Å². The van der Waals surface area contributed by atoms with Crippen LogP contribution in [0.4, 0.5) is 10.5 Å². The van der Waals surface area contributed by atoms with Crippen LogP contribution in [0.3, 0.4) is 0 Å². The number of hydrogen-bond donors (Lipinski definition) is 2. The largest absolute Gasteiger partial charge is 0.481 e. The Balaban J connectivity index is 2.44. The second-order valence-corrected chi connectivity index (χ2v) is 4.88. The summed E-state index contributed by atoms with van der Waals surface area (Å²) in [4.78, 5) is 27.9. The number of aromatic nitrogens is 1. The number of hydrogen-bond acceptors (Lipinski definition) is 4. The maximum absolute atomic E-state index is 11.9. The lowest BCUT2D eigenvalue weighted by atomic mass is 10.2. The number of carbonyl (C=O) groups is 2. The second-order valence-electron chi connectivity index (χ2n) is 4.88. The Bertz CT molecular complexity index is 474. The van der Waals surface area contributed by atoms with Gasteiger partial charge in [-0.3, -0.25) is 9.78 Å². The minimum absolute atomic E-state index is 0.132. The van der Waals surface area contributed by atoms with Crippen molar-refractivity contribution in [2.75, 3.05) is 25.5 Å². The number of rotatable bonds is 7. The van der Waals surface area contributed by atoms with Crippen LogP contribution in [0.15, 0.2) is 18.3 Å². The summed E-state index contributed by atoms with van der Waals surface area (Å²) in [5.74, 6) is -0.941. The topological polar surface area (TPSA) is 91.8 Å². The van der Waals surface area contributed by atoms with Crippen LogP contribution >= 0.6 is 0 Å². The number of nitrogens with zero attached hydrogens (tertiary/aromatic N) is 2. The van der Waals surface area contributed by atoms with Gasteiger partial charge in [0.15, 0.2) is 0 Å². The first-order valence-electron chi connectivity index (χ1n) is 6.69. The monoisotopic (exact) mass is 295 g/mol. The third-order valence-electron chi connectivity index (χ3n) is 2.63. The molecule has 116 valence electrons. The first-order valence-corrected chi connectivity index (χ1v) is 6.69. The molecule has 0 unspecified atom stereocenters. The van der Waals surface area contributed by atoms with Gasteiger partial charge in [-0.15, -0.1) is 0 Å². The molecule has 0 aliphatic carbocycles. The zero-order chi connectivity index (χ0) is 15.8. The van der Waals surface area contributed by atoms with Gasteiger partial charge in [0.05, 0.1) is 36.7 Å². The number of ether oxygens (including phenoxy) is 1. The van der Waals surface area contributed by atoms with Gasteiger partial charge in [-0.05, 0) is 26.0 Å². The summed E-state index contributed by atoms with van der Waals surface area (Å²) in [7, 11) is 1.67. The molecule has 0 atom stereocenters. The molecule has 1 rings (SSSR count). The number of likely N-dealkylation sites (N-methyl/N-ethyl adjacent to an activating group) is 1. The summed E-state index contributed by atoms with van der Waals surface area (Å²) in [6.45, 7) is 4.82. The van der Waals surface area contributed by atoms with E-state index in [1.807, 2.05) is 13.8 Å². The van der Waals surface area contributed by atoms with Crippen molar-refractivity contribution in [2.24, 2.45) is 0 Å². The van der Waals surface area contributed by atoms with Crippen LogP contribution < -0.4 is 5.32 Å². The molecule has 1 aromatic heterocycles. The number of pyridine rings is 1. The number of urea groups is 1. The molecular formula is C14H21N3O4. The fourth-order valence-corrected chi connectivity index (χ4v) is 1.50. The van der Waals surface area contributed by atoms with Crippen LogP contribution in [0.5, 0.6) is 0 Å². The SMILES string of the molecule is CC(C)OCCN(C)C(=O)Nc1ccc(CC(=O)O)nc1. The predicted octanol–water partition coefficient (Wildman–Crippen LogP) is 1.60. The van der Waals surface area contributed by atoms with E-state index in [0.29, 0.717) is 24.5 Å². The molecule has 1 heterocycles. The van der Waals surface area contributed by atoms with E-state index in [4.69, 9.17) is 9.84 Å². The fraction of sp³-hybridized carbons (Fsp3) is 0.500. The van der Waals surface area contributed by atoms with E-state index < -0.39 is 5.97 Å². The van der Waals surface area contributed by atoms with Crippen LogP contribution in [-0.4, -0.2) is 53.3 Å². The lowest BCUT2D eigenvalue weighted by Gasteiger charge is -2.18. The van der Waals surface area contributed by atoms with Crippen LogP contribution in [0.25, 0.3) is 0 Å². The van der Waals surface area contributed by atoms with Gasteiger partial charge in [0.1, 0.15) is 0 Å². The van der Waals surface area contributed by atoms with Crippen molar-refractivity contribution in [2.45, 2.75) is 26.4 Å². The Morgan fingerprint density at radius 2 is 2.14 bits per heavy atom. The third-order valence-corrected chi connectivity index (χ3v) is 2.63. The molecule has 0 aliphatic heterocycles. The van der Waals surface area contributed by atoms with Crippen LogP contribution in [0.2, 0.25) is 0 Å². The summed E-state index contributed by atoms with van der Waals surface area (Å²) in [6.07, 6.45) is 1.43. The summed E-state index contributed by atoms with van der Waals surface area (Å²) in [5, 5.41) is 11.3. The zero-order valence-electron chi connectivity index (χ0n) is 12.5. The number of carbonyl (C=O) groups excluding carboxylic acids is 1. The predicted molar refractivity (Wildman–Crippen MR) is 78.3 cm³/mol. The standard InChI is InChI=1S/C14H21N3O4/c1-10(2)21-7-6-17(3)14(20)16-12-5-4-11(15-9-12)8-13(18)19/h4-5,9-10H,6-8H2,1-3H3,(H,16,20)(H,18,19). The highest BCUT2D eigenvalue weighted by molar-refractivity contribution is 5.88. The average molecular weight is 295 g/mol. The highest BCUT2D eigenvalue weighted by atomic mass is 16.5. The van der Waals surface area contributed by atoms with Crippen molar-refractivity contribution < 1.29 is 19.4 Å². The van der Waals surface area contributed by atoms with Gasteiger partial charge >= 0.3 is 12.0 Å². The summed E-state index contributed by atoms with van der Waals surface area (Å²) < 4.78 is 5.38. The fourth-order valence-electron chi connectivity index (χ4n) is 1.50. The molecule has 7 nitrogen and oxygen atoms in total. The van der Waals surface area contributed by atoms with Gasteiger partial charge in [-0.2, -0.15) is 0 Å². The van der Waals surface area contributed by atoms with Crippen molar-refractivity contribution in [1.29, 1.82) is 0 Å². The molecule has 7 heteroatoms. The molecule has 0 saturated heterocycles. The highest BCUT2D eigenvalue weighted by Gasteiger charge is 2.09. The van der Waals surface area contributed by atoms with Crippen LogP contribution in [-0.2, 0) is 16.0 Å². The molecule has 0 fully saturated rings. The first kappa shape index (κ1) is 16.9. The van der Waals surface area contributed by atoms with Gasteiger partial charge in [0.2, 0.25) is 0 Å². The molecule has 0 spiro atoms. The first-order chi connectivity index (χ1) is 9.88. The number of aliphatic carboxylic acids is 1.